The minimum Gasteiger partial charge on any atom is -0.478 e. The van der Waals surface area contributed by atoms with Crippen LogP contribution in [0.4, 0.5) is 0 Å². The van der Waals surface area contributed by atoms with Gasteiger partial charge in [0.1, 0.15) is 0 Å². The highest BCUT2D eigenvalue weighted by Crippen LogP contribution is 2.50. The van der Waals surface area contributed by atoms with E-state index >= 15 is 0 Å². The number of fused-ring (bicyclic) bond motifs is 1. The van der Waals surface area contributed by atoms with Crippen LogP contribution >= 0.6 is 0 Å². The van der Waals surface area contributed by atoms with Gasteiger partial charge in [-0.25, -0.2) is 4.79 Å². The molecule has 2 aromatic rings. The van der Waals surface area contributed by atoms with Gasteiger partial charge in [0.25, 0.3) is 0 Å². The van der Waals surface area contributed by atoms with Gasteiger partial charge in [0.15, 0.2) is 0 Å². The van der Waals surface area contributed by atoms with Crippen molar-refractivity contribution in [3.05, 3.63) is 69.8 Å². The maximum atomic E-state index is 11.2. The Labute approximate surface area is 201 Å². The number of carboxylic acids is 1. The molecule has 0 aliphatic heterocycles. The molecular formula is C31H42O2. The Morgan fingerprint density at radius 3 is 2.09 bits per heavy atom. The molecule has 3 rings (SSSR count). The molecule has 0 saturated carbocycles. The average molecular weight is 447 g/mol. The molecule has 0 radical (unpaired) electrons. The molecule has 0 heterocycles. The smallest absolute Gasteiger partial charge is 0.335 e. The number of allylic oxidation sites excluding steroid dienone is 1. The van der Waals surface area contributed by atoms with Gasteiger partial charge < -0.3 is 5.11 Å². The van der Waals surface area contributed by atoms with E-state index in [0.717, 1.165) is 12.0 Å². The van der Waals surface area contributed by atoms with E-state index in [1.807, 2.05) is 12.1 Å². The lowest BCUT2D eigenvalue weighted by atomic mass is 9.82. The first kappa shape index (κ1) is 25.3. The van der Waals surface area contributed by atoms with Crippen LogP contribution in [-0.4, -0.2) is 11.1 Å². The van der Waals surface area contributed by atoms with Gasteiger partial charge in [-0.2, -0.15) is 0 Å². The molecule has 33 heavy (non-hydrogen) atoms. The standard InChI is InChI=1S/C31H42O2/c1-7-8-9-10-11-12-13-25-19-27-28(31(5,6)21-30(27,3)4)20-26(25)22(2)18-23-14-16-24(17-15-23)29(32)33/h14-20H,7-13,21H2,1-6H3,(H,32,33)/b22-18+. The van der Waals surface area contributed by atoms with Crippen molar-refractivity contribution in [3.8, 4) is 0 Å². The molecule has 2 nitrogen and oxygen atoms in total. The van der Waals surface area contributed by atoms with E-state index in [1.54, 1.807) is 12.1 Å². The summed E-state index contributed by atoms with van der Waals surface area (Å²) in [6.45, 7) is 14.0. The van der Waals surface area contributed by atoms with Gasteiger partial charge in [-0.15, -0.1) is 0 Å². The zero-order chi connectivity index (χ0) is 24.2. The Balaban J connectivity index is 1.94. The van der Waals surface area contributed by atoms with E-state index < -0.39 is 5.97 Å². The second-order valence-corrected chi connectivity index (χ2v) is 11.3. The number of carbonyl (C=O) groups is 1. The highest BCUT2D eigenvalue weighted by Gasteiger charge is 2.42. The molecule has 178 valence electrons. The van der Waals surface area contributed by atoms with E-state index in [4.69, 9.17) is 0 Å². The third kappa shape index (κ3) is 5.96. The topological polar surface area (TPSA) is 37.3 Å². The Bertz CT molecular complexity index is 1010. The van der Waals surface area contributed by atoms with Crippen molar-refractivity contribution in [2.45, 2.75) is 104 Å². The number of aromatic carboxylic acids is 1. The first-order valence-corrected chi connectivity index (χ1v) is 12.7. The second-order valence-electron chi connectivity index (χ2n) is 11.3. The fourth-order valence-corrected chi connectivity index (χ4v) is 5.78. The molecule has 0 atom stereocenters. The van der Waals surface area contributed by atoms with Crippen molar-refractivity contribution in [2.24, 2.45) is 0 Å². The predicted molar refractivity (Wildman–Crippen MR) is 141 cm³/mol. The van der Waals surface area contributed by atoms with E-state index in [1.165, 1.54) is 72.8 Å². The lowest BCUT2D eigenvalue weighted by molar-refractivity contribution is 0.0697. The van der Waals surface area contributed by atoms with Crippen LogP contribution in [0, 0.1) is 0 Å². The molecule has 0 spiro atoms. The lowest BCUT2D eigenvalue weighted by Crippen LogP contribution is -2.18. The van der Waals surface area contributed by atoms with Crippen LogP contribution in [0.2, 0.25) is 0 Å². The van der Waals surface area contributed by atoms with E-state index in [-0.39, 0.29) is 10.8 Å². The van der Waals surface area contributed by atoms with Crippen LogP contribution < -0.4 is 0 Å². The number of aryl methyl sites for hydroxylation is 1. The minimum absolute atomic E-state index is 0.176. The summed E-state index contributed by atoms with van der Waals surface area (Å²) in [4.78, 5) is 11.2. The number of rotatable bonds is 10. The molecule has 1 aliphatic carbocycles. The number of unbranched alkanes of at least 4 members (excludes halogenated alkanes) is 5. The average Bonchev–Trinajstić information content (AvgIpc) is 2.93. The van der Waals surface area contributed by atoms with Crippen molar-refractivity contribution in [3.63, 3.8) is 0 Å². The SMILES string of the molecule is CCCCCCCCc1cc2c(cc1/C(C)=C/c1ccc(C(=O)O)cc1)C(C)(C)CC2(C)C. The summed E-state index contributed by atoms with van der Waals surface area (Å²) >= 11 is 0. The predicted octanol–water partition coefficient (Wildman–Crippen LogP) is 8.81. The number of hydrogen-bond acceptors (Lipinski definition) is 1. The molecule has 2 aromatic carbocycles. The Morgan fingerprint density at radius 2 is 1.48 bits per heavy atom. The maximum Gasteiger partial charge on any atom is 0.335 e. The summed E-state index contributed by atoms with van der Waals surface area (Å²) in [7, 11) is 0. The van der Waals surface area contributed by atoms with Gasteiger partial charge in [-0.3, -0.25) is 0 Å². The first-order valence-electron chi connectivity index (χ1n) is 12.7. The Kier molecular flexibility index (Phi) is 7.88. The summed E-state index contributed by atoms with van der Waals surface area (Å²) in [5, 5.41) is 9.19. The normalized spacial score (nSPS) is 16.6. The third-order valence-electron chi connectivity index (χ3n) is 7.35. The van der Waals surface area contributed by atoms with Crippen LogP contribution in [0.3, 0.4) is 0 Å². The zero-order valence-electron chi connectivity index (χ0n) is 21.6. The van der Waals surface area contributed by atoms with Gasteiger partial charge in [0.05, 0.1) is 5.56 Å². The fraction of sp³-hybridized carbons (Fsp3) is 0.516. The summed E-state index contributed by atoms with van der Waals surface area (Å²) in [5.41, 5.74) is 8.84. The molecule has 0 amide bonds. The molecule has 2 heteroatoms. The third-order valence-corrected chi connectivity index (χ3v) is 7.35. The van der Waals surface area contributed by atoms with Crippen molar-refractivity contribution >= 4 is 17.6 Å². The van der Waals surface area contributed by atoms with Crippen molar-refractivity contribution < 1.29 is 9.90 Å². The molecule has 0 aromatic heterocycles. The summed E-state index contributed by atoms with van der Waals surface area (Å²) < 4.78 is 0. The molecule has 0 unspecified atom stereocenters. The van der Waals surface area contributed by atoms with Gasteiger partial charge in [0.2, 0.25) is 0 Å². The van der Waals surface area contributed by atoms with Crippen molar-refractivity contribution in [2.75, 3.05) is 0 Å². The maximum absolute atomic E-state index is 11.2. The zero-order valence-corrected chi connectivity index (χ0v) is 21.6. The molecule has 1 N–H and O–H groups in total. The number of carboxylic acid groups (broad SMARTS) is 1. The van der Waals surface area contributed by atoms with E-state index in [0.29, 0.717) is 5.56 Å². The molecule has 0 bridgehead atoms. The Morgan fingerprint density at radius 1 is 0.909 bits per heavy atom. The summed E-state index contributed by atoms with van der Waals surface area (Å²) in [5.74, 6) is -0.882. The Hall–Kier alpha value is -2.35. The van der Waals surface area contributed by atoms with Crippen LogP contribution in [0.25, 0.3) is 11.6 Å². The van der Waals surface area contributed by atoms with Crippen LogP contribution in [-0.2, 0) is 17.3 Å². The van der Waals surface area contributed by atoms with E-state index in [9.17, 15) is 9.90 Å². The first-order chi connectivity index (χ1) is 15.5. The molecule has 0 saturated heterocycles. The molecule has 1 aliphatic rings. The van der Waals surface area contributed by atoms with E-state index in [2.05, 4.69) is 59.8 Å². The van der Waals surface area contributed by atoms with Gasteiger partial charge in [-0.1, -0.05) is 97.1 Å². The number of benzene rings is 2. The fourth-order valence-electron chi connectivity index (χ4n) is 5.78. The lowest BCUT2D eigenvalue weighted by Gasteiger charge is -2.22. The van der Waals surface area contributed by atoms with Crippen LogP contribution in [0.1, 0.15) is 125 Å². The highest BCUT2D eigenvalue weighted by molar-refractivity contribution is 5.88. The van der Waals surface area contributed by atoms with Gasteiger partial charge in [-0.05, 0) is 82.5 Å². The molecular weight excluding hydrogens is 404 g/mol. The van der Waals surface area contributed by atoms with Gasteiger partial charge >= 0.3 is 5.97 Å². The van der Waals surface area contributed by atoms with Crippen LogP contribution in [0.5, 0.6) is 0 Å². The largest absolute Gasteiger partial charge is 0.478 e. The van der Waals surface area contributed by atoms with Crippen molar-refractivity contribution in [1.29, 1.82) is 0 Å². The summed E-state index contributed by atoms with van der Waals surface area (Å²) in [6, 6.07) is 12.2. The van der Waals surface area contributed by atoms with Crippen molar-refractivity contribution in [1.82, 2.24) is 0 Å². The number of hydrogen-bond donors (Lipinski definition) is 1. The van der Waals surface area contributed by atoms with Gasteiger partial charge in [0, 0.05) is 0 Å². The minimum atomic E-state index is -0.882. The quantitative estimate of drug-likeness (QED) is 0.292. The van der Waals surface area contributed by atoms with Crippen LogP contribution in [0.15, 0.2) is 36.4 Å². The monoisotopic (exact) mass is 446 g/mol. The molecule has 0 fully saturated rings. The second kappa shape index (κ2) is 10.3. The summed E-state index contributed by atoms with van der Waals surface area (Å²) in [6.07, 6.45) is 12.3. The highest BCUT2D eigenvalue weighted by atomic mass is 16.4.